The molecular formula is C9H6FNO2. The van der Waals surface area contributed by atoms with Crippen LogP contribution in [0.3, 0.4) is 0 Å². The molecule has 0 saturated carbocycles. The maximum absolute atomic E-state index is 12.8. The first-order valence-corrected chi connectivity index (χ1v) is 3.67. The van der Waals surface area contributed by atoms with Gasteiger partial charge in [-0.3, -0.25) is 0 Å². The minimum Gasteiger partial charge on any atom is -0.507 e. The zero-order chi connectivity index (χ0) is 9.26. The highest BCUT2D eigenvalue weighted by Crippen LogP contribution is 2.28. The SMILES string of the molecule is Oc1ccc(F)cc1-c1ccno1. The van der Waals surface area contributed by atoms with Crippen LogP contribution in [0.1, 0.15) is 0 Å². The maximum atomic E-state index is 12.8. The Morgan fingerprint density at radius 2 is 2.15 bits per heavy atom. The molecule has 0 radical (unpaired) electrons. The van der Waals surface area contributed by atoms with Crippen LogP contribution < -0.4 is 0 Å². The van der Waals surface area contributed by atoms with Crippen molar-refractivity contribution < 1.29 is 14.0 Å². The summed E-state index contributed by atoms with van der Waals surface area (Å²) in [6, 6.07) is 5.19. The lowest BCUT2D eigenvalue weighted by atomic mass is 10.1. The molecule has 3 nitrogen and oxygen atoms in total. The van der Waals surface area contributed by atoms with Gasteiger partial charge in [-0.15, -0.1) is 0 Å². The summed E-state index contributed by atoms with van der Waals surface area (Å²) in [6.45, 7) is 0. The highest BCUT2D eigenvalue weighted by Gasteiger charge is 2.08. The number of rotatable bonds is 1. The molecule has 0 fully saturated rings. The predicted molar refractivity (Wildman–Crippen MR) is 43.6 cm³/mol. The van der Waals surface area contributed by atoms with Crippen molar-refractivity contribution in [2.45, 2.75) is 0 Å². The molecule has 1 aromatic carbocycles. The molecule has 1 heterocycles. The third-order valence-corrected chi connectivity index (χ3v) is 1.66. The van der Waals surface area contributed by atoms with Gasteiger partial charge >= 0.3 is 0 Å². The van der Waals surface area contributed by atoms with Crippen molar-refractivity contribution in [3.05, 3.63) is 36.3 Å². The lowest BCUT2D eigenvalue weighted by Gasteiger charge is -1.98. The molecule has 0 atom stereocenters. The van der Waals surface area contributed by atoms with Crippen molar-refractivity contribution in [1.82, 2.24) is 5.16 Å². The number of benzene rings is 1. The van der Waals surface area contributed by atoms with E-state index >= 15 is 0 Å². The molecule has 4 heteroatoms. The monoisotopic (exact) mass is 179 g/mol. The largest absolute Gasteiger partial charge is 0.507 e. The van der Waals surface area contributed by atoms with Gasteiger partial charge in [0.2, 0.25) is 0 Å². The summed E-state index contributed by atoms with van der Waals surface area (Å²) in [7, 11) is 0. The maximum Gasteiger partial charge on any atom is 0.170 e. The fraction of sp³-hybridized carbons (Fsp3) is 0. The van der Waals surface area contributed by atoms with Gasteiger partial charge in [-0.2, -0.15) is 0 Å². The van der Waals surface area contributed by atoms with Gasteiger partial charge in [-0.25, -0.2) is 4.39 Å². The number of hydrogen-bond acceptors (Lipinski definition) is 3. The highest BCUT2D eigenvalue weighted by atomic mass is 19.1. The third-order valence-electron chi connectivity index (χ3n) is 1.66. The fourth-order valence-corrected chi connectivity index (χ4v) is 1.06. The number of aromatic hydroxyl groups is 1. The van der Waals surface area contributed by atoms with Gasteiger partial charge in [-0.05, 0) is 18.2 Å². The van der Waals surface area contributed by atoms with E-state index in [9.17, 15) is 9.50 Å². The Hall–Kier alpha value is -1.84. The highest BCUT2D eigenvalue weighted by molar-refractivity contribution is 5.64. The minimum absolute atomic E-state index is 0.0295. The van der Waals surface area contributed by atoms with E-state index in [0.29, 0.717) is 11.3 Å². The van der Waals surface area contributed by atoms with Crippen LogP contribution in [0.15, 0.2) is 35.0 Å². The average Bonchev–Trinajstić information content (AvgIpc) is 2.61. The Balaban J connectivity index is 2.57. The zero-order valence-corrected chi connectivity index (χ0v) is 6.57. The van der Waals surface area contributed by atoms with E-state index in [4.69, 9.17) is 4.52 Å². The normalized spacial score (nSPS) is 10.2. The summed E-state index contributed by atoms with van der Waals surface area (Å²) in [5.41, 5.74) is 0.303. The van der Waals surface area contributed by atoms with Gasteiger partial charge in [0.05, 0.1) is 11.8 Å². The molecule has 0 saturated heterocycles. The van der Waals surface area contributed by atoms with Gasteiger partial charge in [0.15, 0.2) is 5.76 Å². The molecule has 0 aliphatic heterocycles. The van der Waals surface area contributed by atoms with Crippen LogP contribution in [0.25, 0.3) is 11.3 Å². The first-order valence-electron chi connectivity index (χ1n) is 3.67. The summed E-state index contributed by atoms with van der Waals surface area (Å²) in [5, 5.41) is 12.8. The van der Waals surface area contributed by atoms with E-state index in [1.54, 1.807) is 6.07 Å². The van der Waals surface area contributed by atoms with E-state index in [-0.39, 0.29) is 5.75 Å². The summed E-state index contributed by atoms with van der Waals surface area (Å²) >= 11 is 0. The quantitative estimate of drug-likeness (QED) is 0.729. The number of hydrogen-bond donors (Lipinski definition) is 1. The van der Waals surface area contributed by atoms with Crippen molar-refractivity contribution in [2.24, 2.45) is 0 Å². The van der Waals surface area contributed by atoms with Crippen LogP contribution in [0.4, 0.5) is 4.39 Å². The van der Waals surface area contributed by atoms with Gasteiger partial charge in [0.25, 0.3) is 0 Å². The number of phenolic OH excluding ortho intramolecular Hbond substituents is 1. The van der Waals surface area contributed by atoms with Crippen LogP contribution in [0.2, 0.25) is 0 Å². The molecule has 0 aliphatic carbocycles. The van der Waals surface area contributed by atoms with Gasteiger partial charge in [-0.1, -0.05) is 5.16 Å². The van der Waals surface area contributed by atoms with E-state index < -0.39 is 5.82 Å². The summed E-state index contributed by atoms with van der Waals surface area (Å²) in [4.78, 5) is 0. The van der Waals surface area contributed by atoms with Gasteiger partial charge < -0.3 is 9.63 Å². The molecule has 1 aromatic heterocycles. The fourth-order valence-electron chi connectivity index (χ4n) is 1.06. The van der Waals surface area contributed by atoms with Gasteiger partial charge in [0.1, 0.15) is 11.6 Å². The minimum atomic E-state index is -0.427. The molecule has 2 aromatic rings. The van der Waals surface area contributed by atoms with Crippen LogP contribution in [0, 0.1) is 5.82 Å². The lowest BCUT2D eigenvalue weighted by Crippen LogP contribution is -1.78. The Morgan fingerprint density at radius 3 is 2.85 bits per heavy atom. The van der Waals surface area contributed by atoms with Crippen LogP contribution >= 0.6 is 0 Å². The van der Waals surface area contributed by atoms with E-state index in [0.717, 1.165) is 0 Å². The Morgan fingerprint density at radius 1 is 1.31 bits per heavy atom. The lowest BCUT2D eigenvalue weighted by molar-refractivity contribution is 0.425. The molecule has 0 unspecified atom stereocenters. The second-order valence-corrected chi connectivity index (χ2v) is 2.54. The number of nitrogens with zero attached hydrogens (tertiary/aromatic N) is 1. The van der Waals surface area contributed by atoms with E-state index in [1.807, 2.05) is 0 Å². The smallest absolute Gasteiger partial charge is 0.170 e. The molecule has 0 amide bonds. The molecule has 0 aliphatic rings. The Kier molecular flexibility index (Phi) is 1.73. The molecule has 1 N–H and O–H groups in total. The van der Waals surface area contributed by atoms with Crippen LogP contribution in [0.5, 0.6) is 5.75 Å². The van der Waals surface area contributed by atoms with Crippen molar-refractivity contribution in [1.29, 1.82) is 0 Å². The van der Waals surface area contributed by atoms with Crippen LogP contribution in [-0.2, 0) is 0 Å². The number of aromatic nitrogens is 1. The van der Waals surface area contributed by atoms with Crippen molar-refractivity contribution in [3.63, 3.8) is 0 Å². The molecule has 66 valence electrons. The zero-order valence-electron chi connectivity index (χ0n) is 6.57. The second-order valence-electron chi connectivity index (χ2n) is 2.54. The summed E-state index contributed by atoms with van der Waals surface area (Å²) in [5.74, 6) is -0.112. The van der Waals surface area contributed by atoms with Crippen molar-refractivity contribution in [3.8, 4) is 17.1 Å². The molecule has 2 rings (SSSR count). The number of halogens is 1. The summed E-state index contributed by atoms with van der Waals surface area (Å²) in [6.07, 6.45) is 1.43. The molecule has 13 heavy (non-hydrogen) atoms. The Labute approximate surface area is 73.4 Å². The topological polar surface area (TPSA) is 46.3 Å². The van der Waals surface area contributed by atoms with Crippen molar-refractivity contribution in [2.75, 3.05) is 0 Å². The molecule has 0 spiro atoms. The third kappa shape index (κ3) is 1.38. The average molecular weight is 179 g/mol. The predicted octanol–water partition coefficient (Wildman–Crippen LogP) is 2.19. The second kappa shape index (κ2) is 2.90. The van der Waals surface area contributed by atoms with Crippen LogP contribution in [-0.4, -0.2) is 10.3 Å². The molecule has 0 bridgehead atoms. The van der Waals surface area contributed by atoms with Gasteiger partial charge in [0, 0.05) is 6.07 Å². The van der Waals surface area contributed by atoms with Crippen molar-refractivity contribution >= 4 is 0 Å². The van der Waals surface area contributed by atoms with E-state index in [1.165, 1.54) is 24.4 Å². The van der Waals surface area contributed by atoms with E-state index in [2.05, 4.69) is 5.16 Å². The number of phenols is 1. The first-order chi connectivity index (χ1) is 6.27. The first kappa shape index (κ1) is 7.79. The summed E-state index contributed by atoms with van der Waals surface area (Å²) < 4.78 is 17.5. The Bertz CT molecular complexity index is 412. The molecular weight excluding hydrogens is 173 g/mol. The standard InChI is InChI=1S/C9H6FNO2/c10-6-1-2-8(12)7(5-6)9-3-4-11-13-9/h1-5,12H.